The Balaban J connectivity index is 3.26. The number of hydrogen-bond donors (Lipinski definition) is 0. The van der Waals surface area contributed by atoms with Crippen LogP contribution in [0.25, 0.3) is 0 Å². The molecular weight excluding hydrogens is 331 g/mol. The molecule has 0 aliphatic carbocycles. The smallest absolute Gasteiger partial charge is 0.221 e. The summed E-state index contributed by atoms with van der Waals surface area (Å²) in [5.74, 6) is 0.664. The lowest BCUT2D eigenvalue weighted by Gasteiger charge is -2.13. The Kier molecular flexibility index (Phi) is 16.7. The fourth-order valence-electron chi connectivity index (χ4n) is 2.98. The van der Waals surface area contributed by atoms with Crippen LogP contribution in [0.5, 0.6) is 0 Å². The molecule has 136 valence electrons. The van der Waals surface area contributed by atoms with Gasteiger partial charge >= 0.3 is 0 Å². The first kappa shape index (κ1) is 22.9. The lowest BCUT2D eigenvalue weighted by Crippen LogP contribution is -2.01. The summed E-state index contributed by atoms with van der Waals surface area (Å²) in [6, 6.07) is 0. The maximum absolute atomic E-state index is 10.8. The van der Waals surface area contributed by atoms with Crippen molar-refractivity contribution < 1.29 is 9.59 Å². The molecule has 0 saturated heterocycles. The molecule has 1 atom stereocenters. The standard InChI is InChI=1S/C19H34Cl2O2/c1-2-17(15-16-19(21)23)13-11-9-7-5-3-4-6-8-10-12-14-18(20)22/h17H,2-16H2,1H3. The van der Waals surface area contributed by atoms with E-state index in [1.165, 1.54) is 57.8 Å². The molecular formula is C19H34Cl2O2. The van der Waals surface area contributed by atoms with Gasteiger partial charge in [0, 0.05) is 12.8 Å². The maximum atomic E-state index is 10.8. The molecule has 0 saturated carbocycles. The summed E-state index contributed by atoms with van der Waals surface area (Å²) >= 11 is 10.7. The number of halogens is 2. The molecule has 23 heavy (non-hydrogen) atoms. The molecule has 0 aliphatic heterocycles. The van der Waals surface area contributed by atoms with E-state index in [0.717, 1.165) is 25.7 Å². The third kappa shape index (κ3) is 18.1. The van der Waals surface area contributed by atoms with Crippen molar-refractivity contribution in [2.75, 3.05) is 0 Å². The monoisotopic (exact) mass is 364 g/mol. The Morgan fingerprint density at radius 3 is 1.52 bits per heavy atom. The minimum Gasteiger partial charge on any atom is -0.281 e. The first-order valence-electron chi connectivity index (χ1n) is 9.43. The Morgan fingerprint density at radius 2 is 1.09 bits per heavy atom. The van der Waals surface area contributed by atoms with Gasteiger partial charge in [0.15, 0.2) is 0 Å². The number of carbonyl (C=O) groups is 2. The fourth-order valence-corrected chi connectivity index (χ4v) is 3.22. The summed E-state index contributed by atoms with van der Waals surface area (Å²) in [5, 5.41) is -0.401. The summed E-state index contributed by atoms with van der Waals surface area (Å²) in [7, 11) is 0. The third-order valence-corrected chi connectivity index (χ3v) is 4.94. The SMILES string of the molecule is CCC(CCCCCCCCCCCCC(=O)Cl)CCC(=O)Cl. The van der Waals surface area contributed by atoms with Gasteiger partial charge in [-0.05, 0) is 42.0 Å². The van der Waals surface area contributed by atoms with Gasteiger partial charge < -0.3 is 0 Å². The van der Waals surface area contributed by atoms with Crippen LogP contribution in [0.3, 0.4) is 0 Å². The Hall–Kier alpha value is -0.0800. The largest absolute Gasteiger partial charge is 0.281 e. The predicted octanol–water partition coefficient (Wildman–Crippen LogP) is 7.00. The van der Waals surface area contributed by atoms with Gasteiger partial charge in [-0.25, -0.2) is 0 Å². The lowest BCUT2D eigenvalue weighted by atomic mass is 9.93. The molecule has 0 aliphatic rings. The average molecular weight is 365 g/mol. The van der Waals surface area contributed by atoms with Gasteiger partial charge in [0.2, 0.25) is 10.5 Å². The van der Waals surface area contributed by atoms with Crippen molar-refractivity contribution in [1.29, 1.82) is 0 Å². The van der Waals surface area contributed by atoms with E-state index in [4.69, 9.17) is 23.2 Å². The second-order valence-electron chi connectivity index (χ2n) is 6.60. The van der Waals surface area contributed by atoms with Crippen molar-refractivity contribution in [3.8, 4) is 0 Å². The summed E-state index contributed by atoms with van der Waals surface area (Å²) in [6.07, 6.45) is 16.8. The highest BCUT2D eigenvalue weighted by Gasteiger charge is 2.08. The fraction of sp³-hybridized carbons (Fsp3) is 0.895. The highest BCUT2D eigenvalue weighted by Crippen LogP contribution is 2.20. The molecule has 1 unspecified atom stereocenters. The van der Waals surface area contributed by atoms with Crippen LogP contribution in [0.15, 0.2) is 0 Å². The van der Waals surface area contributed by atoms with Gasteiger partial charge in [-0.1, -0.05) is 77.6 Å². The second kappa shape index (κ2) is 16.8. The normalized spacial score (nSPS) is 12.3. The molecule has 0 aromatic rings. The van der Waals surface area contributed by atoms with Crippen molar-refractivity contribution in [2.24, 2.45) is 5.92 Å². The number of carbonyl (C=O) groups excluding carboxylic acids is 2. The van der Waals surface area contributed by atoms with E-state index in [1.54, 1.807) is 0 Å². The molecule has 0 N–H and O–H groups in total. The molecule has 0 rings (SSSR count). The van der Waals surface area contributed by atoms with E-state index >= 15 is 0 Å². The summed E-state index contributed by atoms with van der Waals surface area (Å²) in [4.78, 5) is 21.4. The van der Waals surface area contributed by atoms with Gasteiger partial charge in [0.25, 0.3) is 0 Å². The molecule has 0 spiro atoms. The van der Waals surface area contributed by atoms with Gasteiger partial charge in [-0.15, -0.1) is 0 Å². The predicted molar refractivity (Wildman–Crippen MR) is 100 cm³/mol. The second-order valence-corrected chi connectivity index (χ2v) is 7.44. The minimum atomic E-state index is -0.204. The first-order chi connectivity index (χ1) is 11.1. The Bertz CT molecular complexity index is 306. The summed E-state index contributed by atoms with van der Waals surface area (Å²) in [5.41, 5.74) is 0. The molecule has 0 bridgehead atoms. The highest BCUT2D eigenvalue weighted by molar-refractivity contribution is 6.63. The summed E-state index contributed by atoms with van der Waals surface area (Å²) in [6.45, 7) is 2.20. The molecule has 4 heteroatoms. The zero-order valence-corrected chi connectivity index (χ0v) is 16.3. The van der Waals surface area contributed by atoms with Crippen LogP contribution in [0, 0.1) is 5.92 Å². The maximum Gasteiger partial charge on any atom is 0.221 e. The average Bonchev–Trinajstić information content (AvgIpc) is 2.50. The van der Waals surface area contributed by atoms with Crippen LogP contribution in [-0.2, 0) is 9.59 Å². The molecule has 2 nitrogen and oxygen atoms in total. The van der Waals surface area contributed by atoms with Crippen molar-refractivity contribution in [1.82, 2.24) is 0 Å². The van der Waals surface area contributed by atoms with E-state index < -0.39 is 0 Å². The zero-order chi connectivity index (χ0) is 17.3. The lowest BCUT2D eigenvalue weighted by molar-refractivity contribution is -0.112. The van der Waals surface area contributed by atoms with Crippen LogP contribution in [-0.4, -0.2) is 10.5 Å². The van der Waals surface area contributed by atoms with Gasteiger partial charge in [0.05, 0.1) is 0 Å². The molecule has 0 amide bonds. The van der Waals surface area contributed by atoms with Crippen molar-refractivity contribution in [2.45, 2.75) is 103 Å². The molecule has 0 radical (unpaired) electrons. The van der Waals surface area contributed by atoms with Crippen LogP contribution in [0.2, 0.25) is 0 Å². The van der Waals surface area contributed by atoms with Crippen LogP contribution >= 0.6 is 23.2 Å². The first-order valence-corrected chi connectivity index (χ1v) is 10.2. The third-order valence-electron chi connectivity index (χ3n) is 4.56. The topological polar surface area (TPSA) is 34.1 Å². The number of unbranched alkanes of at least 4 members (excludes halogenated alkanes) is 9. The van der Waals surface area contributed by atoms with E-state index in [2.05, 4.69) is 6.92 Å². The van der Waals surface area contributed by atoms with Crippen molar-refractivity contribution >= 4 is 33.7 Å². The minimum absolute atomic E-state index is 0.197. The number of rotatable bonds is 17. The van der Waals surface area contributed by atoms with E-state index in [9.17, 15) is 9.59 Å². The molecule has 0 fully saturated rings. The zero-order valence-electron chi connectivity index (χ0n) is 14.8. The Morgan fingerprint density at radius 1 is 0.652 bits per heavy atom. The van der Waals surface area contributed by atoms with Gasteiger partial charge in [0.1, 0.15) is 0 Å². The molecule has 0 aromatic carbocycles. The Labute approximate surface area is 152 Å². The highest BCUT2D eigenvalue weighted by atomic mass is 35.5. The van der Waals surface area contributed by atoms with E-state index in [0.29, 0.717) is 18.8 Å². The van der Waals surface area contributed by atoms with Crippen LogP contribution < -0.4 is 0 Å². The summed E-state index contributed by atoms with van der Waals surface area (Å²) < 4.78 is 0. The van der Waals surface area contributed by atoms with E-state index in [1.807, 2.05) is 0 Å². The van der Waals surface area contributed by atoms with Crippen LogP contribution in [0.1, 0.15) is 103 Å². The quantitative estimate of drug-likeness (QED) is 0.205. The van der Waals surface area contributed by atoms with Crippen LogP contribution in [0.4, 0.5) is 0 Å². The van der Waals surface area contributed by atoms with Crippen molar-refractivity contribution in [3.63, 3.8) is 0 Å². The molecule has 0 aromatic heterocycles. The van der Waals surface area contributed by atoms with Crippen molar-refractivity contribution in [3.05, 3.63) is 0 Å². The van der Waals surface area contributed by atoms with E-state index in [-0.39, 0.29) is 10.5 Å². The molecule has 0 heterocycles. The van der Waals surface area contributed by atoms with Gasteiger partial charge in [-0.3, -0.25) is 9.59 Å². The number of hydrogen-bond acceptors (Lipinski definition) is 2. The van der Waals surface area contributed by atoms with Gasteiger partial charge in [-0.2, -0.15) is 0 Å².